The van der Waals surface area contributed by atoms with Crippen molar-refractivity contribution in [2.75, 3.05) is 20.3 Å². The van der Waals surface area contributed by atoms with Gasteiger partial charge in [-0.2, -0.15) is 0 Å². The molecule has 0 unspecified atom stereocenters. The molecule has 1 atom stereocenters. The van der Waals surface area contributed by atoms with Crippen molar-refractivity contribution in [3.8, 4) is 17.4 Å². The van der Waals surface area contributed by atoms with Gasteiger partial charge in [-0.05, 0) is 12.3 Å². The van der Waals surface area contributed by atoms with E-state index in [4.69, 9.17) is 19.9 Å². The van der Waals surface area contributed by atoms with Crippen LogP contribution in [0.1, 0.15) is 26.7 Å². The van der Waals surface area contributed by atoms with Gasteiger partial charge in [0.25, 0.3) is 5.88 Å². The number of amides is 2. The SMILES string of the molecule is COCCCOc1ccnc(OC(=O)NC(=O)[C@@H](N)CC(C)C)c1O. The van der Waals surface area contributed by atoms with Gasteiger partial charge in [0.1, 0.15) is 0 Å². The van der Waals surface area contributed by atoms with Crippen LogP contribution < -0.4 is 20.5 Å². The molecule has 0 saturated carbocycles. The van der Waals surface area contributed by atoms with E-state index in [-0.39, 0.29) is 17.5 Å². The Kier molecular flexibility index (Phi) is 8.65. The van der Waals surface area contributed by atoms with Crippen molar-refractivity contribution in [1.29, 1.82) is 0 Å². The third kappa shape index (κ3) is 7.36. The van der Waals surface area contributed by atoms with Gasteiger partial charge in [0, 0.05) is 32.4 Å². The first-order valence-electron chi connectivity index (χ1n) is 7.93. The summed E-state index contributed by atoms with van der Waals surface area (Å²) in [6.45, 7) is 4.63. The third-order valence-electron chi connectivity index (χ3n) is 3.08. The fourth-order valence-corrected chi connectivity index (χ4v) is 1.92. The smallest absolute Gasteiger partial charge is 0.420 e. The van der Waals surface area contributed by atoms with Crippen LogP contribution in [0, 0.1) is 5.92 Å². The normalized spacial score (nSPS) is 11.9. The van der Waals surface area contributed by atoms with E-state index in [1.165, 1.54) is 12.3 Å². The number of imide groups is 1. The predicted molar refractivity (Wildman–Crippen MR) is 89.5 cm³/mol. The van der Waals surface area contributed by atoms with Gasteiger partial charge < -0.3 is 25.1 Å². The first-order valence-corrected chi connectivity index (χ1v) is 7.93. The van der Waals surface area contributed by atoms with Crippen molar-refractivity contribution < 1.29 is 28.9 Å². The summed E-state index contributed by atoms with van der Waals surface area (Å²) in [6, 6.07) is 0.598. The summed E-state index contributed by atoms with van der Waals surface area (Å²) in [5, 5.41) is 12.0. The number of nitrogens with zero attached hydrogens (tertiary/aromatic N) is 1. The monoisotopic (exact) mass is 355 g/mol. The molecule has 140 valence electrons. The third-order valence-corrected chi connectivity index (χ3v) is 3.08. The summed E-state index contributed by atoms with van der Waals surface area (Å²) in [7, 11) is 1.57. The lowest BCUT2D eigenvalue weighted by Gasteiger charge is -2.14. The van der Waals surface area contributed by atoms with Crippen molar-refractivity contribution in [2.24, 2.45) is 11.7 Å². The molecule has 0 saturated heterocycles. The molecule has 0 bridgehead atoms. The average molecular weight is 355 g/mol. The molecule has 0 spiro atoms. The number of rotatable bonds is 9. The maximum atomic E-state index is 11.8. The zero-order chi connectivity index (χ0) is 18.8. The Morgan fingerprint density at radius 1 is 1.36 bits per heavy atom. The molecule has 25 heavy (non-hydrogen) atoms. The molecule has 0 aliphatic carbocycles. The molecule has 0 aliphatic rings. The van der Waals surface area contributed by atoms with Crippen LogP contribution in [0.15, 0.2) is 12.3 Å². The zero-order valence-electron chi connectivity index (χ0n) is 14.7. The van der Waals surface area contributed by atoms with E-state index in [0.29, 0.717) is 26.1 Å². The van der Waals surface area contributed by atoms with E-state index in [2.05, 4.69) is 4.98 Å². The second-order valence-corrected chi connectivity index (χ2v) is 5.77. The molecule has 9 nitrogen and oxygen atoms in total. The molecule has 0 radical (unpaired) electrons. The molecule has 0 fully saturated rings. The van der Waals surface area contributed by atoms with Crippen LogP contribution in [0.3, 0.4) is 0 Å². The molecule has 9 heteroatoms. The molecule has 1 heterocycles. The molecule has 1 rings (SSSR count). The van der Waals surface area contributed by atoms with E-state index in [1.807, 2.05) is 19.2 Å². The highest BCUT2D eigenvalue weighted by Crippen LogP contribution is 2.33. The zero-order valence-corrected chi connectivity index (χ0v) is 14.7. The summed E-state index contributed by atoms with van der Waals surface area (Å²) < 4.78 is 15.1. The fraction of sp³-hybridized carbons (Fsp3) is 0.562. The number of aromatic nitrogens is 1. The lowest BCUT2D eigenvalue weighted by atomic mass is 10.0. The molecule has 2 amide bonds. The fourth-order valence-electron chi connectivity index (χ4n) is 1.92. The average Bonchev–Trinajstić information content (AvgIpc) is 2.54. The van der Waals surface area contributed by atoms with Gasteiger partial charge in [-0.15, -0.1) is 0 Å². The van der Waals surface area contributed by atoms with Crippen LogP contribution in [0.2, 0.25) is 0 Å². The van der Waals surface area contributed by atoms with E-state index in [1.54, 1.807) is 7.11 Å². The summed E-state index contributed by atoms with van der Waals surface area (Å²) in [5.41, 5.74) is 5.68. The van der Waals surface area contributed by atoms with Gasteiger partial charge in [-0.25, -0.2) is 9.78 Å². The summed E-state index contributed by atoms with van der Waals surface area (Å²) in [6.07, 6.45) is 1.27. The minimum Gasteiger partial charge on any atom is -0.501 e. The van der Waals surface area contributed by atoms with E-state index in [0.717, 1.165) is 0 Å². The second kappa shape index (κ2) is 10.5. The van der Waals surface area contributed by atoms with Gasteiger partial charge in [0.15, 0.2) is 5.75 Å². The number of aromatic hydroxyl groups is 1. The van der Waals surface area contributed by atoms with Crippen LogP contribution in [-0.4, -0.2) is 48.5 Å². The maximum Gasteiger partial charge on any atom is 0.420 e. The van der Waals surface area contributed by atoms with Crippen molar-refractivity contribution in [1.82, 2.24) is 10.3 Å². The number of methoxy groups -OCH3 is 1. The van der Waals surface area contributed by atoms with Gasteiger partial charge in [-0.1, -0.05) is 13.8 Å². The highest BCUT2D eigenvalue weighted by atomic mass is 16.6. The number of ether oxygens (including phenoxy) is 3. The standard InChI is InChI=1S/C16H25N3O6/c1-10(2)9-11(17)14(21)19-16(22)25-15-13(20)12(5-6-18-15)24-8-4-7-23-3/h5-6,10-11,20H,4,7-9,17H2,1-3H3,(H,19,21,22)/t11-/m0/s1. The number of pyridine rings is 1. The number of carbonyl (C=O) groups excluding carboxylic acids is 2. The molecule has 1 aromatic heterocycles. The Morgan fingerprint density at radius 3 is 2.72 bits per heavy atom. The first kappa shape index (κ1) is 20.7. The van der Waals surface area contributed by atoms with E-state index in [9.17, 15) is 14.7 Å². The maximum absolute atomic E-state index is 11.8. The number of nitrogens with one attached hydrogen (secondary N) is 1. The lowest BCUT2D eigenvalue weighted by molar-refractivity contribution is -0.121. The number of hydrogen-bond acceptors (Lipinski definition) is 8. The summed E-state index contributed by atoms with van der Waals surface area (Å²) in [5.74, 6) is -1.16. The van der Waals surface area contributed by atoms with Crippen LogP contribution in [0.4, 0.5) is 4.79 Å². The molecule has 1 aromatic rings. The van der Waals surface area contributed by atoms with Crippen LogP contribution in [0.25, 0.3) is 0 Å². The Morgan fingerprint density at radius 2 is 2.08 bits per heavy atom. The molecule has 4 N–H and O–H groups in total. The highest BCUT2D eigenvalue weighted by molar-refractivity contribution is 5.95. The number of nitrogens with two attached hydrogens (primary N) is 1. The number of hydrogen-bond donors (Lipinski definition) is 3. The van der Waals surface area contributed by atoms with Crippen LogP contribution in [0.5, 0.6) is 17.4 Å². The minimum atomic E-state index is -1.08. The van der Waals surface area contributed by atoms with Gasteiger partial charge >= 0.3 is 6.09 Å². The topological polar surface area (TPSA) is 133 Å². The highest BCUT2D eigenvalue weighted by Gasteiger charge is 2.20. The van der Waals surface area contributed by atoms with Crippen LogP contribution >= 0.6 is 0 Å². The van der Waals surface area contributed by atoms with E-state index >= 15 is 0 Å². The first-order chi connectivity index (χ1) is 11.8. The van der Waals surface area contributed by atoms with Crippen molar-refractivity contribution >= 4 is 12.0 Å². The van der Waals surface area contributed by atoms with Gasteiger partial charge in [-0.3, -0.25) is 10.1 Å². The second-order valence-electron chi connectivity index (χ2n) is 5.77. The molecule has 0 aromatic carbocycles. The summed E-state index contributed by atoms with van der Waals surface area (Å²) >= 11 is 0. The lowest BCUT2D eigenvalue weighted by Crippen LogP contribution is -2.45. The molecular formula is C16H25N3O6. The van der Waals surface area contributed by atoms with E-state index < -0.39 is 23.8 Å². The quantitative estimate of drug-likeness (QED) is 0.563. The minimum absolute atomic E-state index is 0.108. The largest absolute Gasteiger partial charge is 0.501 e. The number of carbonyl (C=O) groups is 2. The van der Waals surface area contributed by atoms with Gasteiger partial charge in [0.2, 0.25) is 11.7 Å². The van der Waals surface area contributed by atoms with Crippen molar-refractivity contribution in [2.45, 2.75) is 32.7 Å². The predicted octanol–water partition coefficient (Wildman–Crippen LogP) is 1.19. The Labute approximate surface area is 146 Å². The summed E-state index contributed by atoms with van der Waals surface area (Å²) in [4.78, 5) is 27.3. The van der Waals surface area contributed by atoms with Crippen molar-refractivity contribution in [3.05, 3.63) is 12.3 Å². The molecule has 0 aliphatic heterocycles. The Hall–Kier alpha value is -2.39. The Bertz CT molecular complexity index is 579. The van der Waals surface area contributed by atoms with Crippen molar-refractivity contribution in [3.63, 3.8) is 0 Å². The molecular weight excluding hydrogens is 330 g/mol. The Balaban J connectivity index is 2.60. The van der Waals surface area contributed by atoms with Crippen LogP contribution in [-0.2, 0) is 9.53 Å². The van der Waals surface area contributed by atoms with Gasteiger partial charge in [0.05, 0.1) is 12.6 Å².